The van der Waals surface area contributed by atoms with Crippen LogP contribution in [0.25, 0.3) is 10.3 Å². The number of amides is 1. The van der Waals surface area contributed by atoms with E-state index in [4.69, 9.17) is 9.57 Å². The number of carbonyl (C=O) groups excluding carboxylic acids is 1. The number of hydrogen-bond donors (Lipinski definition) is 2. The number of rotatable bonds is 11. The molecule has 1 saturated heterocycles. The summed E-state index contributed by atoms with van der Waals surface area (Å²) >= 11 is 1.28. The topological polar surface area (TPSA) is 118 Å². The highest BCUT2D eigenvalue weighted by atomic mass is 32.2. The molecule has 1 aliphatic heterocycles. The SMILES string of the molecule is C=S(=O)(c1ccc(/C(=N\O[C@@H]2CCOC2)C(=O)Nc2nc3ccc(NCCN(C)C)nc3s2)cc1)C1CC1. The number of nitrogens with zero attached hydrogens (tertiary/aromatic N) is 4. The van der Waals surface area contributed by atoms with Gasteiger partial charge in [-0.25, -0.2) is 9.97 Å². The standard InChI is InChI=1S/C26H32N6O4S2/c1-32(2)14-13-27-22-11-10-21-25(29-22)37-26(28-21)30-24(33)23(31-36-18-12-15-35-16-18)17-4-6-19(7-5-17)38(3,34)20-8-9-20/h4-7,10-11,18,20H,3,8-9,12-16H2,1-2H3,(H,27,29)(H,28,30,33)/b31-23+/t18-,38?/m1/s1. The van der Waals surface area contributed by atoms with E-state index >= 15 is 0 Å². The number of aromatic nitrogens is 2. The van der Waals surface area contributed by atoms with Crippen LogP contribution in [-0.4, -0.2) is 88.3 Å². The van der Waals surface area contributed by atoms with Crippen LogP contribution >= 0.6 is 11.3 Å². The Morgan fingerprint density at radius 2 is 2.00 bits per heavy atom. The molecule has 0 spiro atoms. The highest BCUT2D eigenvalue weighted by Gasteiger charge is 2.32. The normalized spacial score (nSPS) is 19.4. The monoisotopic (exact) mass is 556 g/mol. The molecule has 1 unspecified atom stereocenters. The first-order valence-corrected chi connectivity index (χ1v) is 15.2. The molecule has 1 aliphatic carbocycles. The van der Waals surface area contributed by atoms with Crippen molar-refractivity contribution >= 4 is 59.6 Å². The Hall–Kier alpha value is -3.06. The van der Waals surface area contributed by atoms with Crippen molar-refractivity contribution < 1.29 is 18.6 Å². The first kappa shape index (κ1) is 26.5. The van der Waals surface area contributed by atoms with Crippen LogP contribution in [0.15, 0.2) is 46.4 Å². The van der Waals surface area contributed by atoms with Gasteiger partial charge in [-0.3, -0.25) is 14.3 Å². The minimum absolute atomic E-state index is 0.101. The van der Waals surface area contributed by atoms with Crippen LogP contribution in [0, 0.1) is 0 Å². The van der Waals surface area contributed by atoms with E-state index in [1.54, 1.807) is 24.3 Å². The molecule has 1 amide bonds. The number of carbonyl (C=O) groups is 1. The lowest BCUT2D eigenvalue weighted by Crippen LogP contribution is -2.25. The van der Waals surface area contributed by atoms with E-state index in [9.17, 15) is 9.00 Å². The molecule has 3 heterocycles. The zero-order valence-electron chi connectivity index (χ0n) is 21.5. The summed E-state index contributed by atoms with van der Waals surface area (Å²) in [4.78, 5) is 31.6. The zero-order valence-corrected chi connectivity index (χ0v) is 23.1. The quantitative estimate of drug-likeness (QED) is 0.210. The van der Waals surface area contributed by atoms with Crippen molar-refractivity contribution in [1.82, 2.24) is 14.9 Å². The Morgan fingerprint density at radius 1 is 1.21 bits per heavy atom. The lowest BCUT2D eigenvalue weighted by atomic mass is 10.1. The first-order chi connectivity index (χ1) is 18.3. The average molecular weight is 557 g/mol. The second kappa shape index (κ2) is 11.4. The van der Waals surface area contributed by atoms with Crippen molar-refractivity contribution in [2.24, 2.45) is 5.16 Å². The summed E-state index contributed by atoms with van der Waals surface area (Å²) in [6.07, 6.45) is 2.36. The van der Waals surface area contributed by atoms with Gasteiger partial charge in [0, 0.05) is 35.2 Å². The van der Waals surface area contributed by atoms with E-state index in [2.05, 4.69) is 36.5 Å². The molecule has 2 aliphatic rings. The summed E-state index contributed by atoms with van der Waals surface area (Å²) in [5.41, 5.74) is 1.34. The van der Waals surface area contributed by atoms with Crippen LogP contribution in [0.4, 0.5) is 10.9 Å². The number of pyridine rings is 1. The Kier molecular flexibility index (Phi) is 7.93. The summed E-state index contributed by atoms with van der Waals surface area (Å²) in [6, 6.07) is 10.7. The number of nitrogens with one attached hydrogen (secondary N) is 2. The second-order valence-corrected chi connectivity index (χ2v) is 13.3. The Labute approximate surface area is 226 Å². The number of anilines is 2. The third kappa shape index (κ3) is 6.32. The summed E-state index contributed by atoms with van der Waals surface area (Å²) in [5.74, 6) is 4.26. The zero-order chi connectivity index (χ0) is 26.7. The van der Waals surface area contributed by atoms with Gasteiger partial charge in [-0.15, -0.1) is 0 Å². The van der Waals surface area contributed by atoms with E-state index in [1.807, 2.05) is 26.2 Å². The molecular formula is C26H32N6O4S2. The molecular weight excluding hydrogens is 524 g/mol. The molecule has 0 radical (unpaired) electrons. The van der Waals surface area contributed by atoms with Gasteiger partial charge in [0.05, 0.1) is 13.2 Å². The molecule has 12 heteroatoms. The molecule has 10 nitrogen and oxygen atoms in total. The van der Waals surface area contributed by atoms with Crippen molar-refractivity contribution in [3.8, 4) is 0 Å². The molecule has 38 heavy (non-hydrogen) atoms. The summed E-state index contributed by atoms with van der Waals surface area (Å²) in [6.45, 7) is 2.67. The van der Waals surface area contributed by atoms with Crippen LogP contribution in [0.5, 0.6) is 0 Å². The van der Waals surface area contributed by atoms with Crippen LogP contribution in [0.1, 0.15) is 24.8 Å². The van der Waals surface area contributed by atoms with Crippen LogP contribution in [0.3, 0.4) is 0 Å². The number of fused-ring (bicyclic) bond motifs is 1. The van der Waals surface area contributed by atoms with Crippen LogP contribution in [0.2, 0.25) is 0 Å². The molecule has 3 aromatic rings. The third-order valence-corrected chi connectivity index (χ3v) is 9.83. The summed E-state index contributed by atoms with van der Waals surface area (Å²) in [7, 11) is 1.69. The summed E-state index contributed by atoms with van der Waals surface area (Å²) < 4.78 is 18.4. The van der Waals surface area contributed by atoms with E-state index in [1.165, 1.54) is 11.3 Å². The van der Waals surface area contributed by atoms with E-state index in [0.717, 1.165) is 31.7 Å². The van der Waals surface area contributed by atoms with Gasteiger partial charge < -0.3 is 19.8 Å². The fourth-order valence-electron chi connectivity index (χ4n) is 3.97. The predicted octanol–water partition coefficient (Wildman–Crippen LogP) is 3.05. The van der Waals surface area contributed by atoms with Crippen LogP contribution < -0.4 is 10.6 Å². The van der Waals surface area contributed by atoms with Gasteiger partial charge in [-0.1, -0.05) is 28.6 Å². The molecule has 202 valence electrons. The maximum absolute atomic E-state index is 13.4. The fraction of sp³-hybridized carbons (Fsp3) is 0.423. The molecule has 2 aromatic heterocycles. The molecule has 0 bridgehead atoms. The number of likely N-dealkylation sites (N-methyl/N-ethyl adjacent to an activating group) is 1. The number of oxime groups is 1. The van der Waals surface area contributed by atoms with Crippen molar-refractivity contribution in [3.05, 3.63) is 42.0 Å². The Bertz CT molecular complexity index is 1430. The van der Waals surface area contributed by atoms with E-state index in [-0.39, 0.29) is 17.1 Å². The van der Waals surface area contributed by atoms with E-state index in [0.29, 0.717) is 45.6 Å². The maximum atomic E-state index is 13.4. The van der Waals surface area contributed by atoms with Gasteiger partial charge >= 0.3 is 0 Å². The van der Waals surface area contributed by atoms with Gasteiger partial charge in [0.2, 0.25) is 0 Å². The number of hydrogen-bond acceptors (Lipinski definition) is 10. The smallest absolute Gasteiger partial charge is 0.280 e. The largest absolute Gasteiger partial charge is 0.389 e. The lowest BCUT2D eigenvalue weighted by molar-refractivity contribution is -0.110. The minimum Gasteiger partial charge on any atom is -0.389 e. The second-order valence-electron chi connectivity index (χ2n) is 9.70. The fourth-order valence-corrected chi connectivity index (χ4v) is 6.68. The average Bonchev–Trinajstić information content (AvgIpc) is 3.49. The van der Waals surface area contributed by atoms with Crippen LogP contribution in [-0.2, 0) is 23.9 Å². The lowest BCUT2D eigenvalue weighted by Gasteiger charge is -2.11. The number of ether oxygens (including phenoxy) is 1. The van der Waals surface area contributed by atoms with Gasteiger partial charge in [-0.2, -0.15) is 0 Å². The number of thiazole rings is 1. The Morgan fingerprint density at radius 3 is 2.68 bits per heavy atom. The van der Waals surface area contributed by atoms with Gasteiger partial charge in [0.1, 0.15) is 16.2 Å². The van der Waals surface area contributed by atoms with Gasteiger partial charge in [0.25, 0.3) is 5.91 Å². The van der Waals surface area contributed by atoms with Crippen molar-refractivity contribution in [2.75, 3.05) is 51.0 Å². The van der Waals surface area contributed by atoms with Crippen molar-refractivity contribution in [2.45, 2.75) is 35.5 Å². The molecule has 1 saturated carbocycles. The van der Waals surface area contributed by atoms with Crippen molar-refractivity contribution in [1.29, 1.82) is 0 Å². The van der Waals surface area contributed by atoms with E-state index < -0.39 is 15.4 Å². The molecule has 2 fully saturated rings. The predicted molar refractivity (Wildman–Crippen MR) is 153 cm³/mol. The number of benzene rings is 1. The van der Waals surface area contributed by atoms with Crippen molar-refractivity contribution in [3.63, 3.8) is 0 Å². The Balaban J connectivity index is 1.34. The molecule has 5 rings (SSSR count). The first-order valence-electron chi connectivity index (χ1n) is 12.6. The van der Waals surface area contributed by atoms with Gasteiger partial charge in [0.15, 0.2) is 16.9 Å². The summed E-state index contributed by atoms with van der Waals surface area (Å²) in [5, 5.41) is 10.9. The van der Waals surface area contributed by atoms with Gasteiger partial charge in [-0.05, 0) is 66.6 Å². The minimum atomic E-state index is -2.34. The highest BCUT2D eigenvalue weighted by Crippen LogP contribution is 2.33. The highest BCUT2D eigenvalue weighted by molar-refractivity contribution is 8.01. The maximum Gasteiger partial charge on any atom is 0.280 e. The molecule has 1 aromatic carbocycles. The molecule has 2 N–H and O–H groups in total. The third-order valence-electron chi connectivity index (χ3n) is 6.33. The molecule has 2 atom stereocenters.